The van der Waals surface area contributed by atoms with Crippen LogP contribution in [0.3, 0.4) is 0 Å². The van der Waals surface area contributed by atoms with E-state index in [4.69, 9.17) is 4.74 Å². The number of amides is 2. The number of hydrogen-bond donors (Lipinski definition) is 1. The third kappa shape index (κ3) is 7.03. The maximum Gasteiger partial charge on any atom is 0.264 e. The van der Waals surface area contributed by atoms with Crippen molar-refractivity contribution in [2.24, 2.45) is 0 Å². The van der Waals surface area contributed by atoms with Gasteiger partial charge >= 0.3 is 0 Å². The van der Waals surface area contributed by atoms with Crippen molar-refractivity contribution in [1.82, 2.24) is 10.2 Å². The topological polar surface area (TPSA) is 96.0 Å². The summed E-state index contributed by atoms with van der Waals surface area (Å²) in [5.74, 6) is -0.462. The second kappa shape index (κ2) is 13.3. The number of benzene rings is 3. The summed E-state index contributed by atoms with van der Waals surface area (Å²) in [5, 5.41) is 3.08. The van der Waals surface area contributed by atoms with Crippen LogP contribution in [0.1, 0.15) is 38.2 Å². The summed E-state index contributed by atoms with van der Waals surface area (Å²) in [5.41, 5.74) is 1.04. The van der Waals surface area contributed by atoms with Gasteiger partial charge in [0, 0.05) is 17.1 Å². The molecule has 3 aromatic carbocycles. The van der Waals surface area contributed by atoms with Gasteiger partial charge in [0.2, 0.25) is 11.8 Å². The molecule has 0 unspecified atom stereocenters. The molecule has 212 valence electrons. The van der Waals surface area contributed by atoms with E-state index in [1.165, 1.54) is 24.1 Å². The molecule has 1 aliphatic rings. The second-order valence-corrected chi connectivity index (χ2v) is 12.6. The zero-order valence-electron chi connectivity index (χ0n) is 22.6. The van der Waals surface area contributed by atoms with Crippen molar-refractivity contribution in [3.8, 4) is 5.75 Å². The Balaban J connectivity index is 1.70. The maximum atomic E-state index is 14.0. The van der Waals surface area contributed by atoms with E-state index in [2.05, 4.69) is 21.2 Å². The Bertz CT molecular complexity index is 1410. The molecular formula is C30H34BrN3O5S. The summed E-state index contributed by atoms with van der Waals surface area (Å²) in [6, 6.07) is 21.3. The number of para-hydroxylation sites is 2. The third-order valence-corrected chi connectivity index (χ3v) is 9.40. The van der Waals surface area contributed by atoms with Gasteiger partial charge in [0.15, 0.2) is 0 Å². The number of hydrogen-bond acceptors (Lipinski definition) is 5. The van der Waals surface area contributed by atoms with Crippen molar-refractivity contribution in [2.45, 2.75) is 56.1 Å². The number of methoxy groups -OCH3 is 1. The molecule has 0 aliphatic heterocycles. The van der Waals surface area contributed by atoms with E-state index in [0.29, 0.717) is 5.75 Å². The lowest BCUT2D eigenvalue weighted by Gasteiger charge is -2.32. The highest BCUT2D eigenvalue weighted by molar-refractivity contribution is 9.10. The van der Waals surface area contributed by atoms with E-state index >= 15 is 0 Å². The number of carbonyl (C=O) groups excluding carboxylic acids is 2. The van der Waals surface area contributed by atoms with E-state index in [1.807, 2.05) is 24.3 Å². The largest absolute Gasteiger partial charge is 0.495 e. The van der Waals surface area contributed by atoms with E-state index in [-0.39, 0.29) is 29.1 Å². The molecule has 1 atom stereocenters. The molecule has 0 radical (unpaired) electrons. The second-order valence-electron chi connectivity index (χ2n) is 9.81. The summed E-state index contributed by atoms with van der Waals surface area (Å²) in [7, 11) is -2.71. The van der Waals surface area contributed by atoms with Gasteiger partial charge in [-0.15, -0.1) is 0 Å². The van der Waals surface area contributed by atoms with Crippen LogP contribution in [0.5, 0.6) is 5.75 Å². The molecule has 1 N–H and O–H groups in total. The Morgan fingerprint density at radius 2 is 1.60 bits per heavy atom. The molecule has 2 amide bonds. The SMILES string of the molecule is COc1ccccc1N(CC(=O)N(Cc1ccc(Br)cc1)[C@H](C)C(=O)NC1CCCC1)S(=O)(=O)c1ccccc1. The molecule has 0 aromatic heterocycles. The molecule has 1 fully saturated rings. The maximum absolute atomic E-state index is 14.0. The zero-order valence-corrected chi connectivity index (χ0v) is 25.0. The fourth-order valence-corrected chi connectivity index (χ4v) is 6.54. The van der Waals surface area contributed by atoms with Crippen molar-refractivity contribution < 1.29 is 22.7 Å². The first-order valence-electron chi connectivity index (χ1n) is 13.3. The van der Waals surface area contributed by atoms with E-state index in [0.717, 1.165) is 40.0 Å². The summed E-state index contributed by atoms with van der Waals surface area (Å²) in [4.78, 5) is 28.8. The van der Waals surface area contributed by atoms with Gasteiger partial charge in [0.1, 0.15) is 18.3 Å². The highest BCUT2D eigenvalue weighted by Gasteiger charge is 2.34. The minimum Gasteiger partial charge on any atom is -0.495 e. The van der Waals surface area contributed by atoms with E-state index < -0.39 is 28.5 Å². The smallest absolute Gasteiger partial charge is 0.264 e. The number of carbonyl (C=O) groups is 2. The Labute approximate surface area is 244 Å². The molecule has 0 saturated heterocycles. The lowest BCUT2D eigenvalue weighted by Crippen LogP contribution is -2.52. The van der Waals surface area contributed by atoms with Crippen molar-refractivity contribution in [3.05, 3.63) is 88.9 Å². The van der Waals surface area contributed by atoms with Crippen LogP contribution in [0, 0.1) is 0 Å². The van der Waals surface area contributed by atoms with Crippen LogP contribution < -0.4 is 14.4 Å². The van der Waals surface area contributed by atoms with Crippen molar-refractivity contribution >= 4 is 43.5 Å². The number of sulfonamides is 1. The average Bonchev–Trinajstić information content (AvgIpc) is 3.48. The molecule has 1 saturated carbocycles. The average molecular weight is 629 g/mol. The zero-order chi connectivity index (χ0) is 28.7. The molecule has 0 spiro atoms. The minimum atomic E-state index is -4.16. The molecule has 1 aliphatic carbocycles. The van der Waals surface area contributed by atoms with Gasteiger partial charge < -0.3 is 15.0 Å². The van der Waals surface area contributed by atoms with Crippen molar-refractivity contribution in [2.75, 3.05) is 18.0 Å². The van der Waals surface area contributed by atoms with Crippen LogP contribution in [0.4, 0.5) is 5.69 Å². The predicted molar refractivity (Wildman–Crippen MR) is 159 cm³/mol. The van der Waals surface area contributed by atoms with E-state index in [9.17, 15) is 18.0 Å². The number of nitrogens with zero attached hydrogens (tertiary/aromatic N) is 2. The van der Waals surface area contributed by atoms with Crippen LogP contribution in [0.2, 0.25) is 0 Å². The fraction of sp³-hybridized carbons (Fsp3) is 0.333. The molecule has 3 aromatic rings. The highest BCUT2D eigenvalue weighted by atomic mass is 79.9. The molecule has 40 heavy (non-hydrogen) atoms. The van der Waals surface area contributed by atoms with Gasteiger partial charge in [0.05, 0.1) is 17.7 Å². The predicted octanol–water partition coefficient (Wildman–Crippen LogP) is 5.13. The Hall–Kier alpha value is -3.37. The first kappa shape index (κ1) is 29.6. The number of halogens is 1. The van der Waals surface area contributed by atoms with Gasteiger partial charge in [-0.25, -0.2) is 8.42 Å². The summed E-state index contributed by atoms with van der Waals surface area (Å²) >= 11 is 3.43. The monoisotopic (exact) mass is 627 g/mol. The number of rotatable bonds is 11. The summed E-state index contributed by atoms with van der Waals surface area (Å²) in [6.07, 6.45) is 3.95. The highest BCUT2D eigenvalue weighted by Crippen LogP contribution is 2.32. The molecule has 0 heterocycles. The van der Waals surface area contributed by atoms with Gasteiger partial charge in [0.25, 0.3) is 10.0 Å². The first-order valence-corrected chi connectivity index (χ1v) is 15.5. The fourth-order valence-electron chi connectivity index (χ4n) is 4.83. The molecule has 10 heteroatoms. The molecule has 4 rings (SSSR count). The number of anilines is 1. The van der Waals surface area contributed by atoms with Crippen molar-refractivity contribution in [3.63, 3.8) is 0 Å². The molecule has 0 bridgehead atoms. The van der Waals surface area contributed by atoms with Gasteiger partial charge in [-0.3, -0.25) is 13.9 Å². The lowest BCUT2D eigenvalue weighted by molar-refractivity contribution is -0.139. The van der Waals surface area contributed by atoms with Crippen LogP contribution in [0.25, 0.3) is 0 Å². The molecule has 8 nitrogen and oxygen atoms in total. The van der Waals surface area contributed by atoms with Crippen molar-refractivity contribution in [1.29, 1.82) is 0 Å². The van der Waals surface area contributed by atoms with E-state index in [1.54, 1.807) is 49.4 Å². The normalized spacial score (nSPS) is 14.4. The van der Waals surface area contributed by atoms with Gasteiger partial charge in [-0.1, -0.05) is 71.2 Å². The summed E-state index contributed by atoms with van der Waals surface area (Å²) in [6.45, 7) is 1.30. The Morgan fingerprint density at radius 1 is 0.975 bits per heavy atom. The Kier molecular flexibility index (Phi) is 9.86. The van der Waals surface area contributed by atoms with Crippen LogP contribution >= 0.6 is 15.9 Å². The van der Waals surface area contributed by atoms with Crippen LogP contribution in [0.15, 0.2) is 88.2 Å². The standard InChI is InChI=1S/C30H34BrN3O5S/c1-22(30(36)32-25-10-6-7-11-25)33(20-23-16-18-24(31)19-17-23)29(35)21-34(27-14-8-9-15-28(27)39-2)40(37,38)26-12-4-3-5-13-26/h3-5,8-9,12-19,22,25H,6-7,10-11,20-21H2,1-2H3,(H,32,36)/t22-/m1/s1. The van der Waals surface area contributed by atoms with Gasteiger partial charge in [-0.2, -0.15) is 0 Å². The number of nitrogens with one attached hydrogen (secondary N) is 1. The minimum absolute atomic E-state index is 0.0418. The quantitative estimate of drug-likeness (QED) is 0.318. The first-order chi connectivity index (χ1) is 19.2. The van der Waals surface area contributed by atoms with Crippen LogP contribution in [-0.2, 0) is 26.2 Å². The Morgan fingerprint density at radius 3 is 2.25 bits per heavy atom. The lowest BCUT2D eigenvalue weighted by atomic mass is 10.1. The van der Waals surface area contributed by atoms with Gasteiger partial charge in [-0.05, 0) is 61.7 Å². The number of ether oxygens (including phenoxy) is 1. The third-order valence-electron chi connectivity index (χ3n) is 7.10. The molecular weight excluding hydrogens is 594 g/mol. The van der Waals surface area contributed by atoms with Crippen LogP contribution in [-0.4, -0.2) is 50.9 Å². The summed E-state index contributed by atoms with van der Waals surface area (Å²) < 4.78 is 35.2.